The van der Waals surface area contributed by atoms with Crippen LogP contribution in [-0.2, 0) is 11.2 Å². The number of nitrogens with two attached hydrogens (primary N) is 1. The Balaban J connectivity index is 1.80. The summed E-state index contributed by atoms with van der Waals surface area (Å²) in [6, 6.07) is 8.15. The Bertz CT molecular complexity index is 373. The van der Waals surface area contributed by atoms with Crippen molar-refractivity contribution < 1.29 is 9.47 Å². The van der Waals surface area contributed by atoms with Crippen LogP contribution in [0.3, 0.4) is 0 Å². The van der Waals surface area contributed by atoms with Gasteiger partial charge in [-0.3, -0.25) is 0 Å². The smallest absolute Gasteiger partial charge is 0.119 e. The SMILES string of the molecule is CC1(C)CCC(COc2ccc(CCN)cc2)O1. The van der Waals surface area contributed by atoms with Crippen molar-refractivity contribution in [1.82, 2.24) is 0 Å². The fourth-order valence-corrected chi connectivity index (χ4v) is 2.30. The molecule has 2 rings (SSSR count). The van der Waals surface area contributed by atoms with Crippen molar-refractivity contribution >= 4 is 0 Å². The molecule has 1 heterocycles. The number of hydrogen-bond acceptors (Lipinski definition) is 3. The minimum atomic E-state index is 0.0129. The molecule has 1 atom stereocenters. The van der Waals surface area contributed by atoms with Crippen molar-refractivity contribution in [3.63, 3.8) is 0 Å². The zero-order valence-corrected chi connectivity index (χ0v) is 11.3. The summed E-state index contributed by atoms with van der Waals surface area (Å²) in [6.45, 7) is 5.59. The molecule has 1 aromatic carbocycles. The number of rotatable bonds is 5. The second-order valence-corrected chi connectivity index (χ2v) is 5.53. The Morgan fingerprint density at radius 1 is 1.33 bits per heavy atom. The first kappa shape index (κ1) is 13.4. The quantitative estimate of drug-likeness (QED) is 0.872. The summed E-state index contributed by atoms with van der Waals surface area (Å²) in [5, 5.41) is 0. The molecule has 1 aliphatic rings. The van der Waals surface area contributed by atoms with Crippen molar-refractivity contribution in [3.8, 4) is 5.75 Å². The van der Waals surface area contributed by atoms with E-state index >= 15 is 0 Å². The van der Waals surface area contributed by atoms with Crippen LogP contribution < -0.4 is 10.5 Å². The molecule has 1 unspecified atom stereocenters. The minimum Gasteiger partial charge on any atom is -0.491 e. The van der Waals surface area contributed by atoms with Crippen LogP contribution in [0.1, 0.15) is 32.3 Å². The van der Waals surface area contributed by atoms with Crippen molar-refractivity contribution in [1.29, 1.82) is 0 Å². The normalized spacial score (nSPS) is 22.1. The van der Waals surface area contributed by atoms with E-state index in [1.807, 2.05) is 12.1 Å². The molecule has 0 aromatic heterocycles. The van der Waals surface area contributed by atoms with Crippen LogP contribution >= 0.6 is 0 Å². The van der Waals surface area contributed by atoms with Gasteiger partial charge in [0.05, 0.1) is 11.7 Å². The third-order valence-corrected chi connectivity index (χ3v) is 3.35. The van der Waals surface area contributed by atoms with Crippen molar-refractivity contribution in [2.24, 2.45) is 5.73 Å². The van der Waals surface area contributed by atoms with E-state index in [9.17, 15) is 0 Å². The second-order valence-electron chi connectivity index (χ2n) is 5.53. The molecular formula is C15H23NO2. The zero-order chi connectivity index (χ0) is 13.0. The lowest BCUT2D eigenvalue weighted by molar-refractivity contribution is -0.0326. The lowest BCUT2D eigenvalue weighted by atomic mass is 10.1. The van der Waals surface area contributed by atoms with Gasteiger partial charge in [-0.05, 0) is 57.4 Å². The largest absolute Gasteiger partial charge is 0.491 e. The van der Waals surface area contributed by atoms with Crippen LogP contribution in [0.25, 0.3) is 0 Å². The van der Waals surface area contributed by atoms with Gasteiger partial charge >= 0.3 is 0 Å². The van der Waals surface area contributed by atoms with Crippen LogP contribution in [0.2, 0.25) is 0 Å². The van der Waals surface area contributed by atoms with E-state index in [1.54, 1.807) is 0 Å². The highest BCUT2D eigenvalue weighted by molar-refractivity contribution is 5.27. The predicted octanol–water partition coefficient (Wildman–Crippen LogP) is 2.52. The summed E-state index contributed by atoms with van der Waals surface area (Å²) in [6.07, 6.45) is 3.33. The summed E-state index contributed by atoms with van der Waals surface area (Å²) in [5.74, 6) is 0.907. The lowest BCUT2D eigenvalue weighted by Crippen LogP contribution is -2.23. The highest BCUT2D eigenvalue weighted by atomic mass is 16.6. The molecule has 0 bridgehead atoms. The van der Waals surface area contributed by atoms with Gasteiger partial charge in [0.25, 0.3) is 0 Å². The Kier molecular flexibility index (Phi) is 4.25. The molecule has 1 saturated heterocycles. The molecule has 3 nitrogen and oxygen atoms in total. The van der Waals surface area contributed by atoms with Gasteiger partial charge in [0.2, 0.25) is 0 Å². The van der Waals surface area contributed by atoms with E-state index in [0.29, 0.717) is 13.2 Å². The van der Waals surface area contributed by atoms with Crippen molar-refractivity contribution in [2.45, 2.75) is 44.8 Å². The van der Waals surface area contributed by atoms with E-state index in [4.69, 9.17) is 15.2 Å². The first-order chi connectivity index (χ1) is 8.59. The highest BCUT2D eigenvalue weighted by Gasteiger charge is 2.31. The summed E-state index contributed by atoms with van der Waals surface area (Å²) in [4.78, 5) is 0. The summed E-state index contributed by atoms with van der Waals surface area (Å²) < 4.78 is 11.7. The fourth-order valence-electron chi connectivity index (χ4n) is 2.30. The summed E-state index contributed by atoms with van der Waals surface area (Å²) in [5.41, 5.74) is 6.78. The van der Waals surface area contributed by atoms with Crippen LogP contribution in [0.5, 0.6) is 5.75 Å². The third kappa shape index (κ3) is 3.72. The molecular weight excluding hydrogens is 226 g/mol. The van der Waals surface area contributed by atoms with Crippen molar-refractivity contribution in [2.75, 3.05) is 13.2 Å². The number of benzene rings is 1. The second kappa shape index (κ2) is 5.72. The van der Waals surface area contributed by atoms with E-state index in [-0.39, 0.29) is 11.7 Å². The van der Waals surface area contributed by atoms with Crippen LogP contribution in [-0.4, -0.2) is 24.9 Å². The Morgan fingerprint density at radius 2 is 2.06 bits per heavy atom. The number of hydrogen-bond donors (Lipinski definition) is 1. The average molecular weight is 249 g/mol. The molecule has 1 aliphatic heterocycles. The van der Waals surface area contributed by atoms with Gasteiger partial charge in [-0.15, -0.1) is 0 Å². The monoisotopic (exact) mass is 249 g/mol. The molecule has 18 heavy (non-hydrogen) atoms. The van der Waals surface area contributed by atoms with E-state index in [2.05, 4.69) is 26.0 Å². The molecule has 0 radical (unpaired) electrons. The van der Waals surface area contributed by atoms with Gasteiger partial charge in [-0.2, -0.15) is 0 Å². The first-order valence-electron chi connectivity index (χ1n) is 6.69. The molecule has 100 valence electrons. The Hall–Kier alpha value is -1.06. The molecule has 1 aromatic rings. The van der Waals surface area contributed by atoms with Crippen LogP contribution in [0.4, 0.5) is 0 Å². The summed E-state index contributed by atoms with van der Waals surface area (Å²) in [7, 11) is 0. The molecule has 0 saturated carbocycles. The van der Waals surface area contributed by atoms with Gasteiger partial charge < -0.3 is 15.2 Å². The average Bonchev–Trinajstić information content (AvgIpc) is 2.69. The topological polar surface area (TPSA) is 44.5 Å². The first-order valence-corrected chi connectivity index (χ1v) is 6.69. The molecule has 0 amide bonds. The standard InChI is InChI=1S/C15H23NO2/c1-15(2)9-7-14(18-15)11-17-13-5-3-12(4-6-13)8-10-16/h3-6,14H,7-11,16H2,1-2H3. The van der Waals surface area contributed by atoms with E-state index in [1.165, 1.54) is 5.56 Å². The number of ether oxygens (including phenoxy) is 2. The van der Waals surface area contributed by atoms with E-state index < -0.39 is 0 Å². The maximum Gasteiger partial charge on any atom is 0.119 e. The van der Waals surface area contributed by atoms with Crippen molar-refractivity contribution in [3.05, 3.63) is 29.8 Å². The minimum absolute atomic E-state index is 0.0129. The van der Waals surface area contributed by atoms with E-state index in [0.717, 1.165) is 25.0 Å². The van der Waals surface area contributed by atoms with Crippen LogP contribution in [0, 0.1) is 0 Å². The molecule has 1 fully saturated rings. The Morgan fingerprint density at radius 3 is 2.61 bits per heavy atom. The predicted molar refractivity (Wildman–Crippen MR) is 72.9 cm³/mol. The van der Waals surface area contributed by atoms with Gasteiger partial charge in [0.1, 0.15) is 12.4 Å². The van der Waals surface area contributed by atoms with Gasteiger partial charge in [0.15, 0.2) is 0 Å². The maximum atomic E-state index is 5.89. The lowest BCUT2D eigenvalue weighted by Gasteiger charge is -2.19. The van der Waals surface area contributed by atoms with Gasteiger partial charge in [-0.1, -0.05) is 12.1 Å². The summed E-state index contributed by atoms with van der Waals surface area (Å²) >= 11 is 0. The van der Waals surface area contributed by atoms with Gasteiger partial charge in [-0.25, -0.2) is 0 Å². The molecule has 3 heteroatoms. The highest BCUT2D eigenvalue weighted by Crippen LogP contribution is 2.29. The molecule has 0 aliphatic carbocycles. The Labute approximate surface area is 109 Å². The third-order valence-electron chi connectivity index (χ3n) is 3.35. The fraction of sp³-hybridized carbons (Fsp3) is 0.600. The van der Waals surface area contributed by atoms with Gasteiger partial charge in [0, 0.05) is 0 Å². The molecule has 0 spiro atoms. The zero-order valence-electron chi connectivity index (χ0n) is 11.3. The molecule has 2 N–H and O–H groups in total. The van der Waals surface area contributed by atoms with Crippen LogP contribution in [0.15, 0.2) is 24.3 Å². The maximum absolute atomic E-state index is 5.89.